The summed E-state index contributed by atoms with van der Waals surface area (Å²) in [5.41, 5.74) is 13.6. The first kappa shape index (κ1) is 32.6. The van der Waals surface area contributed by atoms with Crippen LogP contribution in [0.1, 0.15) is 25.7 Å². The fourth-order valence-electron chi connectivity index (χ4n) is 5.54. The molecular weight excluding hydrogens is 614 g/mol. The van der Waals surface area contributed by atoms with E-state index >= 15 is 0 Å². The highest BCUT2D eigenvalue weighted by atomic mass is 19.4. The SMILES string of the molecule is Nc1nnc(N2CCCC(C(F)(F)F)C2)c(-c2ccccc2)n1.Nc1nnc(N2CCCC(C(F)(F)F)C2)c(-c2ccccc2)n1. The summed E-state index contributed by atoms with van der Waals surface area (Å²) in [6, 6.07) is 18.3. The number of nitrogens with zero attached hydrogens (tertiary/aromatic N) is 8. The molecule has 46 heavy (non-hydrogen) atoms. The van der Waals surface area contributed by atoms with Crippen LogP contribution in [0.3, 0.4) is 0 Å². The second-order valence-electron chi connectivity index (χ2n) is 11.1. The molecule has 0 amide bonds. The first-order valence-corrected chi connectivity index (χ1v) is 14.6. The van der Waals surface area contributed by atoms with Gasteiger partial charge in [-0.25, -0.2) is 9.97 Å². The van der Waals surface area contributed by atoms with E-state index in [4.69, 9.17) is 11.5 Å². The summed E-state index contributed by atoms with van der Waals surface area (Å²) < 4.78 is 78.1. The molecule has 0 spiro atoms. The smallest absolute Gasteiger partial charge is 0.366 e. The first-order chi connectivity index (χ1) is 21.9. The summed E-state index contributed by atoms with van der Waals surface area (Å²) in [5.74, 6) is -2.04. The largest absolute Gasteiger partial charge is 0.393 e. The van der Waals surface area contributed by atoms with Gasteiger partial charge in [0.1, 0.15) is 11.4 Å². The van der Waals surface area contributed by atoms with Gasteiger partial charge in [-0.1, -0.05) is 60.7 Å². The fourth-order valence-corrected chi connectivity index (χ4v) is 5.54. The molecule has 0 saturated carbocycles. The maximum absolute atomic E-state index is 13.0. The Morgan fingerprint density at radius 2 is 0.935 bits per heavy atom. The Hall–Kier alpha value is -4.76. The summed E-state index contributed by atoms with van der Waals surface area (Å²) in [6.07, 6.45) is -7.25. The van der Waals surface area contributed by atoms with Crippen molar-refractivity contribution < 1.29 is 26.3 Å². The number of benzene rings is 2. The van der Waals surface area contributed by atoms with Crippen LogP contribution in [0.25, 0.3) is 22.5 Å². The van der Waals surface area contributed by atoms with E-state index in [1.54, 1.807) is 9.80 Å². The minimum atomic E-state index is -4.21. The van der Waals surface area contributed by atoms with Crippen molar-refractivity contribution in [1.29, 1.82) is 0 Å². The third kappa shape index (κ3) is 7.90. The molecule has 244 valence electrons. The van der Waals surface area contributed by atoms with Crippen LogP contribution in [0.2, 0.25) is 0 Å². The molecule has 2 aromatic carbocycles. The quantitative estimate of drug-likeness (QED) is 0.262. The number of nitrogen functional groups attached to an aromatic ring is 2. The van der Waals surface area contributed by atoms with Gasteiger partial charge in [0, 0.05) is 37.3 Å². The Morgan fingerprint density at radius 3 is 1.28 bits per heavy atom. The number of hydrogen-bond donors (Lipinski definition) is 2. The molecule has 6 rings (SSSR count). The molecule has 2 unspecified atom stereocenters. The molecule has 2 fully saturated rings. The first-order valence-electron chi connectivity index (χ1n) is 14.6. The van der Waals surface area contributed by atoms with Crippen molar-refractivity contribution in [3.05, 3.63) is 60.7 Å². The van der Waals surface area contributed by atoms with E-state index in [0.717, 1.165) is 11.1 Å². The molecule has 4 heterocycles. The molecule has 2 atom stereocenters. The zero-order valence-corrected chi connectivity index (χ0v) is 24.6. The van der Waals surface area contributed by atoms with Crippen LogP contribution in [-0.2, 0) is 0 Å². The predicted molar refractivity (Wildman–Crippen MR) is 161 cm³/mol. The van der Waals surface area contributed by atoms with E-state index in [1.807, 2.05) is 60.7 Å². The standard InChI is InChI=1S/2C15H16F3N5/c2*16-15(17,18)11-7-4-8-23(9-11)13-12(20-14(19)22-21-13)10-5-2-1-3-6-10/h2*1-3,5-6,11H,4,7-9H2,(H2,19,20,22). The fraction of sp³-hybridized carbons (Fsp3) is 0.400. The van der Waals surface area contributed by atoms with Gasteiger partial charge in [-0.2, -0.15) is 26.3 Å². The highest BCUT2D eigenvalue weighted by Gasteiger charge is 2.43. The van der Waals surface area contributed by atoms with Gasteiger partial charge in [0.2, 0.25) is 11.9 Å². The average Bonchev–Trinajstić information content (AvgIpc) is 3.05. The normalized spacial score (nSPS) is 18.9. The molecule has 2 aromatic heterocycles. The van der Waals surface area contributed by atoms with Crippen LogP contribution >= 0.6 is 0 Å². The second-order valence-corrected chi connectivity index (χ2v) is 11.1. The number of piperidine rings is 2. The van der Waals surface area contributed by atoms with Gasteiger partial charge < -0.3 is 21.3 Å². The van der Waals surface area contributed by atoms with Crippen molar-refractivity contribution in [1.82, 2.24) is 30.4 Å². The van der Waals surface area contributed by atoms with E-state index in [1.165, 1.54) is 0 Å². The Morgan fingerprint density at radius 1 is 0.565 bits per heavy atom. The van der Waals surface area contributed by atoms with Gasteiger partial charge >= 0.3 is 12.4 Å². The molecule has 0 aliphatic carbocycles. The summed E-state index contributed by atoms with van der Waals surface area (Å²) in [7, 11) is 0. The number of alkyl halides is 6. The van der Waals surface area contributed by atoms with Crippen LogP contribution < -0.4 is 21.3 Å². The van der Waals surface area contributed by atoms with Crippen molar-refractivity contribution in [3.8, 4) is 22.5 Å². The summed E-state index contributed by atoms with van der Waals surface area (Å²) in [5, 5.41) is 15.5. The molecule has 4 N–H and O–H groups in total. The lowest BCUT2D eigenvalue weighted by molar-refractivity contribution is -0.176. The monoisotopic (exact) mass is 646 g/mol. The molecular formula is C30H32F6N10. The average molecular weight is 647 g/mol. The number of hydrogen-bond acceptors (Lipinski definition) is 10. The van der Waals surface area contributed by atoms with Crippen LogP contribution in [0.4, 0.5) is 49.9 Å². The minimum Gasteiger partial charge on any atom is -0.366 e. The van der Waals surface area contributed by atoms with Gasteiger partial charge in [0.25, 0.3) is 0 Å². The topological polar surface area (TPSA) is 136 Å². The number of aromatic nitrogens is 6. The van der Waals surface area contributed by atoms with Gasteiger partial charge in [-0.15, -0.1) is 20.4 Å². The van der Waals surface area contributed by atoms with E-state index in [9.17, 15) is 26.3 Å². The third-order valence-electron chi connectivity index (χ3n) is 7.83. The lowest BCUT2D eigenvalue weighted by Gasteiger charge is -2.34. The predicted octanol–water partition coefficient (Wildman–Crippen LogP) is 5.80. The maximum Gasteiger partial charge on any atom is 0.393 e. The summed E-state index contributed by atoms with van der Waals surface area (Å²) in [4.78, 5) is 11.6. The highest BCUT2D eigenvalue weighted by molar-refractivity contribution is 5.73. The van der Waals surface area contributed by atoms with Crippen LogP contribution in [0, 0.1) is 11.8 Å². The Kier molecular flexibility index (Phi) is 9.72. The summed E-state index contributed by atoms with van der Waals surface area (Å²) >= 11 is 0. The van der Waals surface area contributed by atoms with E-state index in [2.05, 4.69) is 30.4 Å². The maximum atomic E-state index is 13.0. The van der Waals surface area contributed by atoms with E-state index in [-0.39, 0.29) is 37.8 Å². The van der Waals surface area contributed by atoms with Crippen molar-refractivity contribution in [3.63, 3.8) is 0 Å². The third-order valence-corrected chi connectivity index (χ3v) is 7.83. The molecule has 16 heteroatoms. The van der Waals surface area contributed by atoms with E-state index in [0.29, 0.717) is 49.0 Å². The Balaban J connectivity index is 0.000000181. The number of anilines is 4. The molecule has 2 aliphatic heterocycles. The zero-order chi connectivity index (χ0) is 32.9. The van der Waals surface area contributed by atoms with Gasteiger partial charge in [0.05, 0.1) is 11.8 Å². The molecule has 4 aromatic rings. The Bertz CT molecular complexity index is 1470. The number of halogens is 6. The van der Waals surface area contributed by atoms with Crippen molar-refractivity contribution in [2.24, 2.45) is 11.8 Å². The van der Waals surface area contributed by atoms with Gasteiger partial charge in [-0.3, -0.25) is 0 Å². The van der Waals surface area contributed by atoms with E-state index < -0.39 is 24.2 Å². The molecule has 2 saturated heterocycles. The molecule has 10 nitrogen and oxygen atoms in total. The number of nitrogens with two attached hydrogens (primary N) is 2. The van der Waals surface area contributed by atoms with Gasteiger partial charge in [-0.05, 0) is 25.7 Å². The van der Waals surface area contributed by atoms with Crippen molar-refractivity contribution in [2.45, 2.75) is 38.0 Å². The molecule has 0 bridgehead atoms. The molecule has 0 radical (unpaired) electrons. The molecule has 2 aliphatic rings. The summed E-state index contributed by atoms with van der Waals surface area (Å²) in [6.45, 7) is 0.715. The zero-order valence-electron chi connectivity index (χ0n) is 24.6. The van der Waals surface area contributed by atoms with Crippen molar-refractivity contribution in [2.75, 3.05) is 47.4 Å². The number of rotatable bonds is 4. The van der Waals surface area contributed by atoms with Crippen molar-refractivity contribution >= 4 is 23.5 Å². The van der Waals surface area contributed by atoms with Crippen LogP contribution in [-0.4, -0.2) is 68.9 Å². The van der Waals surface area contributed by atoms with Gasteiger partial charge in [0.15, 0.2) is 11.6 Å². The lowest BCUT2D eigenvalue weighted by Crippen LogP contribution is -2.42. The second kappa shape index (κ2) is 13.7. The highest BCUT2D eigenvalue weighted by Crippen LogP contribution is 2.38. The van der Waals surface area contributed by atoms with Crippen LogP contribution in [0.15, 0.2) is 60.7 Å². The lowest BCUT2D eigenvalue weighted by atomic mass is 9.97. The Labute approximate surface area is 260 Å². The van der Waals surface area contributed by atoms with Crippen LogP contribution in [0.5, 0.6) is 0 Å². The minimum absolute atomic E-state index is 0.00279.